The Morgan fingerprint density at radius 2 is 1.80 bits per heavy atom. The lowest BCUT2D eigenvalue weighted by atomic mass is 10.2. The molecule has 2 aromatic carbocycles. The van der Waals surface area contributed by atoms with Gasteiger partial charge in [-0.1, -0.05) is 0 Å². The Bertz CT molecular complexity index is 1020. The monoisotopic (exact) mass is 432 g/mol. The Morgan fingerprint density at radius 3 is 2.53 bits per heavy atom. The van der Waals surface area contributed by atoms with Gasteiger partial charge in [-0.2, -0.15) is 4.31 Å². The van der Waals surface area contributed by atoms with E-state index in [1.165, 1.54) is 23.5 Å². The molecule has 0 aromatic heterocycles. The molecule has 1 N–H and O–H groups in total. The molecule has 160 valence electrons. The van der Waals surface area contributed by atoms with Crippen molar-refractivity contribution in [2.75, 3.05) is 32.2 Å². The minimum Gasteiger partial charge on any atom is -0.497 e. The summed E-state index contributed by atoms with van der Waals surface area (Å²) in [7, 11) is -2.28. The van der Waals surface area contributed by atoms with Gasteiger partial charge in [0.05, 0.1) is 25.2 Å². The number of hydrogen-bond acceptors (Lipinski definition) is 6. The molecule has 0 aliphatic carbocycles. The first-order valence-corrected chi connectivity index (χ1v) is 11.3. The third kappa shape index (κ3) is 4.08. The third-order valence-electron chi connectivity index (χ3n) is 5.19. The molecule has 0 radical (unpaired) electrons. The van der Waals surface area contributed by atoms with Crippen molar-refractivity contribution in [3.8, 4) is 17.2 Å². The standard InChI is InChI=1S/C21H24N2O6S/c1-27-16-6-8-17(9-7-16)30(25,26)23-11-2-4-18(23)21(24)22-15-5-10-19-20(14-15)29-13-3-12-28-19/h5-10,14,18H,2-4,11-13H2,1H3,(H,22,24)/t18-/m1/s1. The normalized spacial score (nSPS) is 19.2. The molecule has 2 aliphatic heterocycles. The predicted molar refractivity (Wildman–Crippen MR) is 111 cm³/mol. The first-order chi connectivity index (χ1) is 14.5. The van der Waals surface area contributed by atoms with E-state index in [0.29, 0.717) is 55.5 Å². The summed E-state index contributed by atoms with van der Waals surface area (Å²) in [6, 6.07) is 10.6. The Balaban J connectivity index is 1.51. The van der Waals surface area contributed by atoms with Gasteiger partial charge in [0.1, 0.15) is 11.8 Å². The van der Waals surface area contributed by atoms with E-state index in [2.05, 4.69) is 5.32 Å². The maximum Gasteiger partial charge on any atom is 0.243 e. The van der Waals surface area contributed by atoms with Gasteiger partial charge >= 0.3 is 0 Å². The number of anilines is 1. The minimum atomic E-state index is -3.80. The Hall–Kier alpha value is -2.78. The van der Waals surface area contributed by atoms with Crippen LogP contribution in [-0.4, -0.2) is 51.5 Å². The number of amides is 1. The van der Waals surface area contributed by atoms with E-state index in [0.717, 1.165) is 6.42 Å². The van der Waals surface area contributed by atoms with Gasteiger partial charge < -0.3 is 19.5 Å². The molecular formula is C21H24N2O6S. The fraction of sp³-hybridized carbons (Fsp3) is 0.381. The summed E-state index contributed by atoms with van der Waals surface area (Å²) in [4.78, 5) is 13.1. The van der Waals surface area contributed by atoms with E-state index in [4.69, 9.17) is 14.2 Å². The quantitative estimate of drug-likeness (QED) is 0.781. The van der Waals surface area contributed by atoms with Crippen LogP contribution < -0.4 is 19.5 Å². The van der Waals surface area contributed by atoms with Crippen LogP contribution >= 0.6 is 0 Å². The number of ether oxygens (including phenoxy) is 3. The van der Waals surface area contributed by atoms with Crippen LogP contribution in [0.15, 0.2) is 47.4 Å². The molecular weight excluding hydrogens is 408 g/mol. The van der Waals surface area contributed by atoms with Crippen LogP contribution in [0.4, 0.5) is 5.69 Å². The van der Waals surface area contributed by atoms with Crippen LogP contribution in [0.2, 0.25) is 0 Å². The van der Waals surface area contributed by atoms with Crippen molar-refractivity contribution in [1.82, 2.24) is 4.31 Å². The third-order valence-corrected chi connectivity index (χ3v) is 7.11. The summed E-state index contributed by atoms with van der Waals surface area (Å²) in [5.74, 6) is 1.41. The zero-order chi connectivity index (χ0) is 21.1. The molecule has 1 amide bonds. The van der Waals surface area contributed by atoms with Gasteiger partial charge in [0.25, 0.3) is 0 Å². The number of sulfonamides is 1. The number of nitrogens with zero attached hydrogens (tertiary/aromatic N) is 1. The molecule has 1 saturated heterocycles. The second-order valence-electron chi connectivity index (χ2n) is 7.15. The van der Waals surface area contributed by atoms with Gasteiger partial charge in [0.2, 0.25) is 15.9 Å². The summed E-state index contributed by atoms with van der Waals surface area (Å²) in [5, 5.41) is 2.83. The molecule has 9 heteroatoms. The number of nitrogens with one attached hydrogen (secondary N) is 1. The van der Waals surface area contributed by atoms with Gasteiger partial charge in [0.15, 0.2) is 11.5 Å². The zero-order valence-electron chi connectivity index (χ0n) is 16.7. The second kappa shape index (κ2) is 8.53. The second-order valence-corrected chi connectivity index (χ2v) is 9.04. The fourth-order valence-electron chi connectivity index (χ4n) is 3.64. The highest BCUT2D eigenvalue weighted by molar-refractivity contribution is 7.89. The average Bonchev–Trinajstić information content (AvgIpc) is 3.15. The lowest BCUT2D eigenvalue weighted by molar-refractivity contribution is -0.119. The highest BCUT2D eigenvalue weighted by atomic mass is 32.2. The molecule has 0 bridgehead atoms. The lowest BCUT2D eigenvalue weighted by Gasteiger charge is -2.23. The number of hydrogen-bond donors (Lipinski definition) is 1. The van der Waals surface area contributed by atoms with Crippen LogP contribution in [0.5, 0.6) is 17.2 Å². The largest absolute Gasteiger partial charge is 0.497 e. The molecule has 2 aromatic rings. The predicted octanol–water partition coefficient (Wildman–Crippen LogP) is 2.65. The SMILES string of the molecule is COc1ccc(S(=O)(=O)N2CCC[C@@H]2C(=O)Nc2ccc3c(c2)OCCCO3)cc1. The Morgan fingerprint density at radius 1 is 1.07 bits per heavy atom. The molecule has 8 nitrogen and oxygen atoms in total. The summed E-state index contributed by atoms with van der Waals surface area (Å²) in [5.41, 5.74) is 0.540. The van der Waals surface area contributed by atoms with E-state index >= 15 is 0 Å². The molecule has 0 spiro atoms. The van der Waals surface area contributed by atoms with E-state index in [1.807, 2.05) is 0 Å². The van der Waals surface area contributed by atoms with Gasteiger partial charge in [-0.05, 0) is 49.2 Å². The number of rotatable bonds is 5. The van der Waals surface area contributed by atoms with Crippen LogP contribution in [0, 0.1) is 0 Å². The summed E-state index contributed by atoms with van der Waals surface area (Å²) >= 11 is 0. The Labute approximate surface area is 175 Å². The number of benzene rings is 2. The van der Waals surface area contributed by atoms with Gasteiger partial charge in [-0.3, -0.25) is 4.79 Å². The molecule has 1 fully saturated rings. The van der Waals surface area contributed by atoms with Crippen LogP contribution in [-0.2, 0) is 14.8 Å². The van der Waals surface area contributed by atoms with Gasteiger partial charge in [-0.15, -0.1) is 0 Å². The van der Waals surface area contributed by atoms with Crippen LogP contribution in [0.25, 0.3) is 0 Å². The smallest absolute Gasteiger partial charge is 0.243 e. The average molecular weight is 432 g/mol. The molecule has 4 rings (SSSR count). The number of carbonyl (C=O) groups excluding carboxylic acids is 1. The van der Waals surface area contributed by atoms with E-state index in [9.17, 15) is 13.2 Å². The molecule has 0 unspecified atom stereocenters. The number of carbonyl (C=O) groups is 1. The van der Waals surface area contributed by atoms with Crippen molar-refractivity contribution < 1.29 is 27.4 Å². The fourth-order valence-corrected chi connectivity index (χ4v) is 5.30. The highest BCUT2D eigenvalue weighted by Gasteiger charge is 2.39. The van der Waals surface area contributed by atoms with Gasteiger partial charge in [-0.25, -0.2) is 8.42 Å². The number of fused-ring (bicyclic) bond motifs is 1. The first kappa shape index (κ1) is 20.5. The Kier molecular flexibility index (Phi) is 5.83. The molecule has 0 saturated carbocycles. The molecule has 30 heavy (non-hydrogen) atoms. The summed E-state index contributed by atoms with van der Waals surface area (Å²) in [6.07, 6.45) is 1.87. The van der Waals surface area contributed by atoms with Gasteiger partial charge in [0, 0.05) is 24.7 Å². The molecule has 2 heterocycles. The summed E-state index contributed by atoms with van der Waals surface area (Å²) in [6.45, 7) is 1.42. The van der Waals surface area contributed by atoms with Crippen LogP contribution in [0.1, 0.15) is 19.3 Å². The van der Waals surface area contributed by atoms with Crippen molar-refractivity contribution in [3.05, 3.63) is 42.5 Å². The molecule has 2 aliphatic rings. The summed E-state index contributed by atoms with van der Waals surface area (Å²) < 4.78 is 43.8. The van der Waals surface area contributed by atoms with Crippen LogP contribution in [0.3, 0.4) is 0 Å². The van der Waals surface area contributed by atoms with Crippen molar-refractivity contribution in [1.29, 1.82) is 0 Å². The van der Waals surface area contributed by atoms with E-state index < -0.39 is 16.1 Å². The van der Waals surface area contributed by atoms with Crippen molar-refractivity contribution >= 4 is 21.6 Å². The topological polar surface area (TPSA) is 94.2 Å². The maximum atomic E-state index is 13.1. The maximum absolute atomic E-state index is 13.1. The van der Waals surface area contributed by atoms with E-state index in [1.54, 1.807) is 30.3 Å². The number of methoxy groups -OCH3 is 1. The van der Waals surface area contributed by atoms with Crippen molar-refractivity contribution in [2.45, 2.75) is 30.2 Å². The lowest BCUT2D eigenvalue weighted by Crippen LogP contribution is -2.43. The minimum absolute atomic E-state index is 0.138. The first-order valence-electron chi connectivity index (χ1n) is 9.85. The highest BCUT2D eigenvalue weighted by Crippen LogP contribution is 2.33. The van der Waals surface area contributed by atoms with E-state index in [-0.39, 0.29) is 10.8 Å². The molecule has 1 atom stereocenters. The van der Waals surface area contributed by atoms with Crippen molar-refractivity contribution in [2.24, 2.45) is 0 Å². The van der Waals surface area contributed by atoms with Crippen molar-refractivity contribution in [3.63, 3.8) is 0 Å². The zero-order valence-corrected chi connectivity index (χ0v) is 17.5.